The van der Waals surface area contributed by atoms with Gasteiger partial charge in [-0.15, -0.1) is 0 Å². The average Bonchev–Trinajstić information content (AvgIpc) is 2.13. The lowest BCUT2D eigenvalue weighted by molar-refractivity contribution is 0.491. The smallest absolute Gasteiger partial charge is 0.164 e. The lowest BCUT2D eigenvalue weighted by Gasteiger charge is -2.06. The van der Waals surface area contributed by atoms with Gasteiger partial charge in [0.05, 0.1) is 6.07 Å². The van der Waals surface area contributed by atoms with E-state index in [0.717, 1.165) is 0 Å². The highest BCUT2D eigenvalue weighted by Crippen LogP contribution is 2.19. The van der Waals surface area contributed by atoms with E-state index in [2.05, 4.69) is 0 Å². The first kappa shape index (κ1) is 9.62. The summed E-state index contributed by atoms with van der Waals surface area (Å²) in [6, 6.07) is 3.24. The molecular weight excluding hydrogens is 174 g/mol. The Morgan fingerprint density at radius 1 is 1.38 bits per heavy atom. The molecule has 1 unspecified atom stereocenters. The van der Waals surface area contributed by atoms with Crippen molar-refractivity contribution in [2.45, 2.75) is 13.0 Å². The normalized spacial score (nSPS) is 12.2. The zero-order valence-electron chi connectivity index (χ0n) is 7.01. The maximum Gasteiger partial charge on any atom is 0.164 e. The minimum atomic E-state index is -1.12. The summed E-state index contributed by atoms with van der Waals surface area (Å²) in [6.07, 6.45) is 0. The molecule has 0 aliphatic carbocycles. The van der Waals surface area contributed by atoms with Gasteiger partial charge in [0.1, 0.15) is 6.04 Å². The van der Waals surface area contributed by atoms with Crippen LogP contribution in [0.25, 0.3) is 0 Å². The molecule has 1 atom stereocenters. The molecule has 0 heterocycles. The van der Waals surface area contributed by atoms with E-state index in [0.29, 0.717) is 0 Å². The molecule has 0 bridgehead atoms. The third kappa shape index (κ3) is 1.65. The average molecular weight is 182 g/mol. The van der Waals surface area contributed by atoms with Crippen LogP contribution >= 0.6 is 0 Å². The van der Waals surface area contributed by atoms with E-state index in [-0.39, 0.29) is 11.1 Å². The number of nitriles is 1. The SMILES string of the molecule is Cc1ccc(C(N)C#N)c(F)c1F. The fraction of sp³-hybridized carbons (Fsp3) is 0.222. The van der Waals surface area contributed by atoms with Crippen LogP contribution in [0.2, 0.25) is 0 Å². The zero-order chi connectivity index (χ0) is 10.0. The van der Waals surface area contributed by atoms with Crippen LogP contribution in [0, 0.1) is 29.9 Å². The molecule has 0 fully saturated rings. The summed E-state index contributed by atoms with van der Waals surface area (Å²) < 4.78 is 26.0. The van der Waals surface area contributed by atoms with Crippen molar-refractivity contribution in [2.75, 3.05) is 0 Å². The highest BCUT2D eigenvalue weighted by Gasteiger charge is 2.15. The van der Waals surface area contributed by atoms with Crippen LogP contribution in [0.5, 0.6) is 0 Å². The van der Waals surface area contributed by atoms with E-state index in [1.165, 1.54) is 19.1 Å². The first-order valence-corrected chi connectivity index (χ1v) is 3.67. The summed E-state index contributed by atoms with van der Waals surface area (Å²) in [5.74, 6) is -1.97. The Morgan fingerprint density at radius 2 is 2.00 bits per heavy atom. The molecule has 0 aliphatic heterocycles. The third-order valence-corrected chi connectivity index (χ3v) is 1.78. The fourth-order valence-corrected chi connectivity index (χ4v) is 0.971. The summed E-state index contributed by atoms with van der Waals surface area (Å²) in [6.45, 7) is 1.44. The highest BCUT2D eigenvalue weighted by molar-refractivity contribution is 5.30. The second-order valence-corrected chi connectivity index (χ2v) is 2.71. The second kappa shape index (κ2) is 3.50. The lowest BCUT2D eigenvalue weighted by Crippen LogP contribution is -2.11. The standard InChI is InChI=1S/C9H8F2N2/c1-5-2-3-6(7(13)4-12)9(11)8(5)10/h2-3,7H,13H2,1H3. The van der Waals surface area contributed by atoms with Gasteiger partial charge in [0.2, 0.25) is 0 Å². The number of aryl methyl sites for hydroxylation is 1. The van der Waals surface area contributed by atoms with Crippen molar-refractivity contribution in [3.63, 3.8) is 0 Å². The number of nitrogens with two attached hydrogens (primary N) is 1. The molecule has 2 nitrogen and oxygen atoms in total. The molecule has 0 saturated heterocycles. The predicted octanol–water partition coefficient (Wildman–Crippen LogP) is 1.80. The van der Waals surface area contributed by atoms with Gasteiger partial charge in [-0.25, -0.2) is 8.78 Å². The molecule has 0 amide bonds. The molecule has 1 aromatic carbocycles. The van der Waals surface area contributed by atoms with Gasteiger partial charge < -0.3 is 5.73 Å². The van der Waals surface area contributed by atoms with Gasteiger partial charge >= 0.3 is 0 Å². The van der Waals surface area contributed by atoms with Crippen molar-refractivity contribution >= 4 is 0 Å². The van der Waals surface area contributed by atoms with E-state index < -0.39 is 17.7 Å². The van der Waals surface area contributed by atoms with Gasteiger partial charge in [-0.2, -0.15) is 5.26 Å². The Hall–Kier alpha value is -1.47. The van der Waals surface area contributed by atoms with E-state index >= 15 is 0 Å². The highest BCUT2D eigenvalue weighted by atomic mass is 19.2. The molecule has 0 aromatic heterocycles. The van der Waals surface area contributed by atoms with Crippen LogP contribution in [-0.2, 0) is 0 Å². The van der Waals surface area contributed by atoms with Crippen LogP contribution < -0.4 is 5.73 Å². The monoisotopic (exact) mass is 182 g/mol. The van der Waals surface area contributed by atoms with Crippen molar-refractivity contribution in [3.05, 3.63) is 34.9 Å². The van der Waals surface area contributed by atoms with Crippen LogP contribution in [0.4, 0.5) is 8.78 Å². The summed E-state index contributed by atoms with van der Waals surface area (Å²) in [5.41, 5.74) is 5.34. The molecule has 0 spiro atoms. The fourth-order valence-electron chi connectivity index (χ4n) is 0.971. The number of hydrogen-bond donors (Lipinski definition) is 1. The molecule has 4 heteroatoms. The summed E-state index contributed by atoms with van der Waals surface area (Å²) >= 11 is 0. The van der Waals surface area contributed by atoms with Crippen LogP contribution in [0.1, 0.15) is 17.2 Å². The molecule has 0 saturated carbocycles. The minimum Gasteiger partial charge on any atom is -0.312 e. The maximum atomic E-state index is 13.1. The topological polar surface area (TPSA) is 49.8 Å². The zero-order valence-corrected chi connectivity index (χ0v) is 7.01. The van der Waals surface area contributed by atoms with Crippen molar-refractivity contribution in [3.8, 4) is 6.07 Å². The van der Waals surface area contributed by atoms with Crippen LogP contribution in [-0.4, -0.2) is 0 Å². The first-order chi connectivity index (χ1) is 6.07. The number of benzene rings is 1. The summed E-state index contributed by atoms with van der Waals surface area (Å²) in [7, 11) is 0. The Kier molecular flexibility index (Phi) is 2.59. The van der Waals surface area contributed by atoms with Gasteiger partial charge in [0, 0.05) is 5.56 Å². The van der Waals surface area contributed by atoms with E-state index in [4.69, 9.17) is 11.0 Å². The van der Waals surface area contributed by atoms with Crippen LogP contribution in [0.15, 0.2) is 12.1 Å². The van der Waals surface area contributed by atoms with Crippen molar-refractivity contribution < 1.29 is 8.78 Å². The van der Waals surface area contributed by atoms with Crippen LogP contribution in [0.3, 0.4) is 0 Å². The van der Waals surface area contributed by atoms with Gasteiger partial charge in [0.25, 0.3) is 0 Å². The van der Waals surface area contributed by atoms with Gasteiger partial charge in [-0.3, -0.25) is 0 Å². The Morgan fingerprint density at radius 3 is 2.54 bits per heavy atom. The van der Waals surface area contributed by atoms with Crippen molar-refractivity contribution in [2.24, 2.45) is 5.73 Å². The Bertz CT molecular complexity index is 369. The third-order valence-electron chi connectivity index (χ3n) is 1.78. The summed E-state index contributed by atoms with van der Waals surface area (Å²) in [5, 5.41) is 8.41. The molecule has 2 N–H and O–H groups in total. The van der Waals surface area contributed by atoms with E-state index in [9.17, 15) is 8.78 Å². The van der Waals surface area contributed by atoms with Crippen molar-refractivity contribution in [1.82, 2.24) is 0 Å². The van der Waals surface area contributed by atoms with Gasteiger partial charge in [-0.05, 0) is 12.5 Å². The van der Waals surface area contributed by atoms with Crippen molar-refractivity contribution in [1.29, 1.82) is 5.26 Å². The molecule has 0 aliphatic rings. The molecule has 1 aromatic rings. The quantitative estimate of drug-likeness (QED) is 0.719. The van der Waals surface area contributed by atoms with Gasteiger partial charge in [0.15, 0.2) is 11.6 Å². The molecule has 13 heavy (non-hydrogen) atoms. The maximum absolute atomic E-state index is 13.1. The van der Waals surface area contributed by atoms with E-state index in [1.54, 1.807) is 6.07 Å². The minimum absolute atomic E-state index is 0.106. The first-order valence-electron chi connectivity index (χ1n) is 3.67. The lowest BCUT2D eigenvalue weighted by atomic mass is 10.1. The number of halogens is 2. The number of hydrogen-bond acceptors (Lipinski definition) is 2. The second-order valence-electron chi connectivity index (χ2n) is 2.71. The molecule has 68 valence electrons. The Balaban J connectivity index is 3.28. The number of nitrogens with zero attached hydrogens (tertiary/aromatic N) is 1. The number of rotatable bonds is 1. The molecule has 1 rings (SSSR count). The molecule has 0 radical (unpaired) electrons. The summed E-state index contributed by atoms with van der Waals surface area (Å²) in [4.78, 5) is 0. The van der Waals surface area contributed by atoms with E-state index in [1.807, 2.05) is 0 Å². The Labute approximate surface area is 74.6 Å². The van der Waals surface area contributed by atoms with Gasteiger partial charge in [-0.1, -0.05) is 12.1 Å². The molecular formula is C9H8F2N2. The largest absolute Gasteiger partial charge is 0.312 e. The predicted molar refractivity (Wildman–Crippen MR) is 43.6 cm³/mol.